The monoisotopic (exact) mass is 406 g/mol. The molecule has 1 aliphatic heterocycles. The molecular formula is C23H22N2O5. The van der Waals surface area contributed by atoms with E-state index in [-0.39, 0.29) is 5.76 Å². The van der Waals surface area contributed by atoms with Crippen LogP contribution in [0.4, 0.5) is 5.69 Å². The van der Waals surface area contributed by atoms with Crippen molar-refractivity contribution in [2.24, 2.45) is 0 Å². The lowest BCUT2D eigenvalue weighted by Crippen LogP contribution is -2.57. The quantitative estimate of drug-likeness (QED) is 0.532. The Kier molecular flexibility index (Phi) is 4.42. The molecule has 0 saturated heterocycles. The van der Waals surface area contributed by atoms with E-state index in [9.17, 15) is 14.4 Å². The van der Waals surface area contributed by atoms with Gasteiger partial charge in [0.15, 0.2) is 0 Å². The minimum absolute atomic E-state index is 0.0843. The molecule has 1 aliphatic rings. The van der Waals surface area contributed by atoms with Crippen LogP contribution >= 0.6 is 0 Å². The van der Waals surface area contributed by atoms with Crippen LogP contribution in [-0.4, -0.2) is 30.4 Å². The number of carbonyl (C=O) groups excluding carboxylic acids is 3. The first-order valence-corrected chi connectivity index (χ1v) is 9.56. The van der Waals surface area contributed by atoms with E-state index < -0.39 is 28.9 Å². The van der Waals surface area contributed by atoms with Gasteiger partial charge in [0.05, 0.1) is 5.69 Å². The molecule has 7 nitrogen and oxygen atoms in total. The Balaban J connectivity index is 1.81. The molecule has 0 saturated carbocycles. The highest BCUT2D eigenvalue weighted by atomic mass is 16.6. The summed E-state index contributed by atoms with van der Waals surface area (Å²) in [5.41, 5.74) is -1.47. The molecule has 2 amide bonds. The van der Waals surface area contributed by atoms with E-state index in [1.807, 2.05) is 6.07 Å². The van der Waals surface area contributed by atoms with Crippen LogP contribution in [0.3, 0.4) is 0 Å². The molecule has 0 radical (unpaired) electrons. The first-order chi connectivity index (χ1) is 14.1. The molecule has 1 atom stereocenters. The Morgan fingerprint density at radius 3 is 2.43 bits per heavy atom. The van der Waals surface area contributed by atoms with Crippen LogP contribution in [0.2, 0.25) is 0 Å². The molecule has 0 spiro atoms. The predicted molar refractivity (Wildman–Crippen MR) is 111 cm³/mol. The van der Waals surface area contributed by atoms with Crippen molar-refractivity contribution in [2.45, 2.75) is 31.9 Å². The number of para-hydroxylation sites is 2. The molecule has 4 rings (SSSR count). The maximum absolute atomic E-state index is 13.4. The van der Waals surface area contributed by atoms with Gasteiger partial charge in [0.2, 0.25) is 5.76 Å². The second-order valence-electron chi connectivity index (χ2n) is 8.30. The molecule has 154 valence electrons. The minimum atomic E-state index is -2.14. The fraction of sp³-hybridized carbons (Fsp3) is 0.261. The maximum Gasteiger partial charge on any atom is 0.376 e. The summed E-state index contributed by atoms with van der Waals surface area (Å²) in [5.74, 6) is -2.33. The lowest BCUT2D eigenvalue weighted by Gasteiger charge is -2.30. The number of benzene rings is 2. The molecule has 0 bridgehead atoms. The Morgan fingerprint density at radius 2 is 1.73 bits per heavy atom. The second-order valence-corrected chi connectivity index (χ2v) is 8.30. The number of anilines is 1. The van der Waals surface area contributed by atoms with Gasteiger partial charge in [-0.15, -0.1) is 0 Å². The lowest BCUT2D eigenvalue weighted by molar-refractivity contribution is -0.153. The number of furan rings is 1. The summed E-state index contributed by atoms with van der Waals surface area (Å²) in [7, 11) is 1.54. The van der Waals surface area contributed by atoms with Crippen LogP contribution in [0, 0.1) is 0 Å². The molecule has 1 N–H and O–H groups in total. The Morgan fingerprint density at radius 1 is 1.07 bits per heavy atom. The van der Waals surface area contributed by atoms with Crippen LogP contribution in [0.1, 0.15) is 36.9 Å². The van der Waals surface area contributed by atoms with Crippen LogP contribution in [-0.2, 0) is 19.9 Å². The summed E-state index contributed by atoms with van der Waals surface area (Å²) in [6, 6.07) is 15.4. The standard InChI is InChI=1S/C23H22N2O5/c1-22(2,3)24-20(27)23(15-10-6-7-11-16(15)25(4)21(23)28)30-19(26)18-13-14-9-5-8-12-17(14)29-18/h5-13H,1-4H3,(H,24,27). The number of ether oxygens (including phenoxy) is 1. The number of esters is 1. The largest absolute Gasteiger partial charge is 0.449 e. The molecule has 1 aromatic heterocycles. The van der Waals surface area contributed by atoms with Gasteiger partial charge in [-0.1, -0.05) is 36.4 Å². The molecule has 2 heterocycles. The van der Waals surface area contributed by atoms with E-state index in [0.717, 1.165) is 0 Å². The van der Waals surface area contributed by atoms with Crippen molar-refractivity contribution in [3.05, 3.63) is 65.9 Å². The molecule has 7 heteroatoms. The average molecular weight is 406 g/mol. The van der Waals surface area contributed by atoms with Gasteiger partial charge < -0.3 is 19.4 Å². The number of likely N-dealkylation sites (N-methyl/N-ethyl adjacent to an activating group) is 1. The minimum Gasteiger partial charge on any atom is -0.449 e. The van der Waals surface area contributed by atoms with Crippen LogP contribution in [0.25, 0.3) is 11.0 Å². The number of amides is 2. The Hall–Kier alpha value is -3.61. The van der Waals surface area contributed by atoms with Gasteiger partial charge in [-0.3, -0.25) is 9.59 Å². The number of rotatable bonds is 3. The smallest absolute Gasteiger partial charge is 0.376 e. The predicted octanol–water partition coefficient (Wildman–Crippen LogP) is 3.38. The van der Waals surface area contributed by atoms with Crippen molar-refractivity contribution in [2.75, 3.05) is 11.9 Å². The van der Waals surface area contributed by atoms with Crippen molar-refractivity contribution in [1.82, 2.24) is 5.32 Å². The molecule has 30 heavy (non-hydrogen) atoms. The van der Waals surface area contributed by atoms with Crippen molar-refractivity contribution in [3.63, 3.8) is 0 Å². The number of fused-ring (bicyclic) bond motifs is 2. The van der Waals surface area contributed by atoms with Crippen LogP contribution in [0.5, 0.6) is 0 Å². The molecule has 1 unspecified atom stereocenters. The van der Waals surface area contributed by atoms with E-state index >= 15 is 0 Å². The van der Waals surface area contributed by atoms with E-state index in [2.05, 4.69) is 5.32 Å². The zero-order valence-electron chi connectivity index (χ0n) is 17.2. The number of nitrogens with one attached hydrogen (secondary N) is 1. The zero-order chi connectivity index (χ0) is 21.7. The molecular weight excluding hydrogens is 384 g/mol. The van der Waals surface area contributed by atoms with Crippen LogP contribution in [0.15, 0.2) is 59.0 Å². The van der Waals surface area contributed by atoms with Gasteiger partial charge in [0.25, 0.3) is 17.4 Å². The van der Waals surface area contributed by atoms with E-state index in [0.29, 0.717) is 22.2 Å². The molecule has 2 aromatic carbocycles. The number of hydrogen-bond acceptors (Lipinski definition) is 5. The zero-order valence-corrected chi connectivity index (χ0v) is 17.2. The summed E-state index contributed by atoms with van der Waals surface area (Å²) in [5, 5.41) is 3.50. The van der Waals surface area contributed by atoms with Crippen molar-refractivity contribution in [1.29, 1.82) is 0 Å². The van der Waals surface area contributed by atoms with Gasteiger partial charge in [-0.25, -0.2) is 4.79 Å². The Bertz CT molecular complexity index is 1140. The highest BCUT2D eigenvalue weighted by molar-refractivity contribution is 6.21. The van der Waals surface area contributed by atoms with Gasteiger partial charge >= 0.3 is 5.97 Å². The topological polar surface area (TPSA) is 88.8 Å². The fourth-order valence-corrected chi connectivity index (χ4v) is 3.59. The van der Waals surface area contributed by atoms with Crippen molar-refractivity contribution in [3.8, 4) is 0 Å². The summed E-state index contributed by atoms with van der Waals surface area (Å²) in [4.78, 5) is 41.0. The van der Waals surface area contributed by atoms with Crippen molar-refractivity contribution < 1.29 is 23.5 Å². The summed E-state index contributed by atoms with van der Waals surface area (Å²) >= 11 is 0. The molecule has 3 aromatic rings. The maximum atomic E-state index is 13.4. The number of hydrogen-bond donors (Lipinski definition) is 1. The first-order valence-electron chi connectivity index (χ1n) is 9.56. The van der Waals surface area contributed by atoms with Gasteiger partial charge in [-0.2, -0.15) is 0 Å². The lowest BCUT2D eigenvalue weighted by atomic mass is 9.92. The average Bonchev–Trinajstić information content (AvgIpc) is 3.21. The van der Waals surface area contributed by atoms with Gasteiger partial charge in [-0.05, 0) is 39.0 Å². The fourth-order valence-electron chi connectivity index (χ4n) is 3.59. The van der Waals surface area contributed by atoms with E-state index in [1.54, 1.807) is 70.3 Å². The summed E-state index contributed by atoms with van der Waals surface area (Å²) < 4.78 is 11.3. The third-order valence-electron chi connectivity index (χ3n) is 4.93. The molecule has 0 aliphatic carbocycles. The molecule has 0 fully saturated rings. The highest BCUT2D eigenvalue weighted by Gasteiger charge is 2.60. The second kappa shape index (κ2) is 6.73. The summed E-state index contributed by atoms with van der Waals surface area (Å²) in [6.07, 6.45) is 0. The van der Waals surface area contributed by atoms with E-state index in [4.69, 9.17) is 9.15 Å². The number of nitrogens with zero attached hydrogens (tertiary/aromatic N) is 1. The third kappa shape index (κ3) is 3.03. The SMILES string of the molecule is CN1C(=O)C(OC(=O)c2cc3ccccc3o2)(C(=O)NC(C)(C)C)c2ccccc21. The first kappa shape index (κ1) is 19.7. The van der Waals surface area contributed by atoms with Crippen molar-refractivity contribution >= 4 is 34.4 Å². The van der Waals surface area contributed by atoms with Crippen LogP contribution < -0.4 is 10.2 Å². The Labute approximate surface area is 173 Å². The van der Waals surface area contributed by atoms with Gasteiger partial charge in [0.1, 0.15) is 5.58 Å². The summed E-state index contributed by atoms with van der Waals surface area (Å²) in [6.45, 7) is 5.36. The van der Waals surface area contributed by atoms with Gasteiger partial charge in [0, 0.05) is 23.5 Å². The third-order valence-corrected chi connectivity index (χ3v) is 4.93. The highest BCUT2D eigenvalue weighted by Crippen LogP contribution is 2.43. The van der Waals surface area contributed by atoms with E-state index in [1.165, 1.54) is 11.0 Å². The normalized spacial score (nSPS) is 18.4. The number of carbonyl (C=O) groups is 3.